The van der Waals surface area contributed by atoms with E-state index in [-0.39, 0.29) is 30.0 Å². The SMILES string of the molecule is CC(C)(C)OC(=O)N1CCC[C@@H](N)C1.CC(C)(C)OC(=O)N1CCC[C@@H](Nc2ccccc2[N+](=O)[O-])C1.O=[N+]([O-])c1ccccc1F. The van der Waals surface area contributed by atoms with E-state index in [0.717, 1.165) is 44.4 Å². The van der Waals surface area contributed by atoms with Gasteiger partial charge in [-0.05, 0) is 79.4 Å². The van der Waals surface area contributed by atoms with Crippen LogP contribution >= 0.6 is 0 Å². The van der Waals surface area contributed by atoms with E-state index < -0.39 is 32.6 Å². The van der Waals surface area contributed by atoms with Crippen molar-refractivity contribution in [3.05, 3.63) is 74.6 Å². The Morgan fingerprint density at radius 2 is 1.28 bits per heavy atom. The maximum absolute atomic E-state index is 12.4. The van der Waals surface area contributed by atoms with Crippen molar-refractivity contribution in [2.24, 2.45) is 5.73 Å². The third-order valence-corrected chi connectivity index (χ3v) is 6.69. The molecule has 0 saturated carbocycles. The van der Waals surface area contributed by atoms with Crippen LogP contribution in [0, 0.1) is 26.0 Å². The number of para-hydroxylation sites is 3. The number of nitro benzene ring substituents is 2. The summed E-state index contributed by atoms with van der Waals surface area (Å²) in [5.41, 5.74) is 4.87. The van der Waals surface area contributed by atoms with Crippen molar-refractivity contribution in [1.29, 1.82) is 0 Å². The Kier molecular flexibility index (Phi) is 14.3. The van der Waals surface area contributed by atoms with Crippen molar-refractivity contribution in [3.63, 3.8) is 0 Å². The fraction of sp³-hybridized carbons (Fsp3) is 0.562. The standard InChI is InChI=1S/C16H23N3O4.C10H20N2O2.C6H4FNO2/c1-16(2,3)23-15(20)18-10-6-7-12(11-18)17-13-8-4-5-9-14(13)19(21)22;1-10(2,3)14-9(13)12-6-4-5-8(11)7-12;7-5-3-1-2-4-6(5)8(9)10/h4-5,8-9,12,17H,6-7,10-11H2,1-3H3;8H,4-7,11H2,1-3H3;1-4H/t12-;8-;/m11./s1. The molecule has 2 fully saturated rings. The lowest BCUT2D eigenvalue weighted by molar-refractivity contribution is -0.387. The van der Waals surface area contributed by atoms with Gasteiger partial charge in [0, 0.05) is 50.4 Å². The van der Waals surface area contributed by atoms with E-state index in [2.05, 4.69) is 5.32 Å². The number of nitro groups is 2. The van der Waals surface area contributed by atoms with Gasteiger partial charge in [0.1, 0.15) is 16.9 Å². The predicted octanol–water partition coefficient (Wildman–Crippen LogP) is 6.48. The predicted molar refractivity (Wildman–Crippen MR) is 176 cm³/mol. The van der Waals surface area contributed by atoms with Gasteiger partial charge in [0.2, 0.25) is 5.82 Å². The third-order valence-electron chi connectivity index (χ3n) is 6.69. The summed E-state index contributed by atoms with van der Waals surface area (Å²) in [7, 11) is 0. The average Bonchev–Trinajstić information content (AvgIpc) is 2.96. The second-order valence-corrected chi connectivity index (χ2v) is 13.2. The van der Waals surface area contributed by atoms with Crippen LogP contribution in [0.15, 0.2) is 48.5 Å². The van der Waals surface area contributed by atoms with Gasteiger partial charge in [0.05, 0.1) is 9.85 Å². The van der Waals surface area contributed by atoms with Crippen LogP contribution in [0.4, 0.5) is 31.0 Å². The van der Waals surface area contributed by atoms with E-state index >= 15 is 0 Å². The quantitative estimate of drug-likeness (QED) is 0.271. The number of hydrogen-bond acceptors (Lipinski definition) is 10. The summed E-state index contributed by atoms with van der Waals surface area (Å²) in [5.74, 6) is -0.799. The minimum absolute atomic E-state index is 0.0302. The normalized spacial score (nSPS) is 18.0. The smallest absolute Gasteiger partial charge is 0.410 e. The minimum Gasteiger partial charge on any atom is -0.444 e. The molecule has 0 radical (unpaired) electrons. The number of rotatable bonds is 4. The fourth-order valence-corrected chi connectivity index (χ4v) is 4.66. The summed E-state index contributed by atoms with van der Waals surface area (Å²) >= 11 is 0. The molecule has 0 aliphatic carbocycles. The van der Waals surface area contributed by atoms with Gasteiger partial charge in [-0.25, -0.2) is 9.59 Å². The van der Waals surface area contributed by atoms with Crippen molar-refractivity contribution >= 4 is 29.2 Å². The molecule has 2 atom stereocenters. The molecule has 0 bridgehead atoms. The molecule has 4 rings (SSSR count). The van der Waals surface area contributed by atoms with E-state index in [1.54, 1.807) is 28.0 Å². The Hall–Kier alpha value is -4.53. The summed E-state index contributed by atoms with van der Waals surface area (Å²) in [6, 6.07) is 11.6. The molecule has 2 aliphatic heterocycles. The number of anilines is 1. The van der Waals surface area contributed by atoms with E-state index in [9.17, 15) is 34.2 Å². The van der Waals surface area contributed by atoms with Crippen molar-refractivity contribution in [2.45, 2.75) is 90.5 Å². The van der Waals surface area contributed by atoms with Crippen LogP contribution in [-0.2, 0) is 9.47 Å². The Morgan fingerprint density at radius 1 is 0.809 bits per heavy atom. The second-order valence-electron chi connectivity index (χ2n) is 13.2. The topological polar surface area (TPSA) is 183 Å². The summed E-state index contributed by atoms with van der Waals surface area (Å²) in [4.78, 5) is 47.0. The highest BCUT2D eigenvalue weighted by Crippen LogP contribution is 2.26. The lowest BCUT2D eigenvalue weighted by Gasteiger charge is -2.34. The number of nitrogens with two attached hydrogens (primary N) is 1. The first-order chi connectivity index (χ1) is 21.9. The molecular formula is C32H47FN6O8. The number of amides is 2. The maximum Gasteiger partial charge on any atom is 0.410 e. The largest absolute Gasteiger partial charge is 0.444 e. The third kappa shape index (κ3) is 14.2. The summed E-state index contributed by atoms with van der Waals surface area (Å²) < 4.78 is 23.0. The number of halogens is 1. The molecule has 2 aromatic rings. The summed E-state index contributed by atoms with van der Waals surface area (Å²) in [6.07, 6.45) is 3.07. The van der Waals surface area contributed by atoms with Gasteiger partial charge >= 0.3 is 17.9 Å². The number of likely N-dealkylation sites (tertiary alicyclic amines) is 2. The highest BCUT2D eigenvalue weighted by molar-refractivity contribution is 5.69. The van der Waals surface area contributed by atoms with Crippen LogP contribution in [-0.4, -0.2) is 81.3 Å². The van der Waals surface area contributed by atoms with Gasteiger partial charge < -0.3 is 30.3 Å². The van der Waals surface area contributed by atoms with Gasteiger partial charge in [-0.2, -0.15) is 4.39 Å². The van der Waals surface area contributed by atoms with E-state index in [4.69, 9.17) is 15.2 Å². The zero-order valence-corrected chi connectivity index (χ0v) is 27.9. The van der Waals surface area contributed by atoms with Crippen LogP contribution in [0.25, 0.3) is 0 Å². The molecule has 3 N–H and O–H groups in total. The van der Waals surface area contributed by atoms with Crippen LogP contribution < -0.4 is 11.1 Å². The van der Waals surface area contributed by atoms with E-state index in [1.165, 1.54) is 18.2 Å². The lowest BCUT2D eigenvalue weighted by Crippen LogP contribution is -2.47. The summed E-state index contributed by atoms with van der Waals surface area (Å²) in [5, 5.41) is 24.2. The Bertz CT molecular complexity index is 1360. The monoisotopic (exact) mass is 662 g/mol. The number of benzene rings is 2. The highest BCUT2D eigenvalue weighted by Gasteiger charge is 2.29. The molecule has 260 valence electrons. The molecule has 2 amide bonds. The van der Waals surface area contributed by atoms with Crippen LogP contribution in [0.1, 0.15) is 67.2 Å². The first-order valence-electron chi connectivity index (χ1n) is 15.5. The number of ether oxygens (including phenoxy) is 2. The second kappa shape index (κ2) is 17.4. The Morgan fingerprint density at radius 3 is 1.74 bits per heavy atom. The maximum atomic E-state index is 12.4. The Labute approximate surface area is 274 Å². The number of nitrogens with zero attached hydrogens (tertiary/aromatic N) is 4. The number of carbonyl (C=O) groups is 2. The molecule has 0 unspecified atom stereocenters. The Balaban J connectivity index is 0.000000271. The van der Waals surface area contributed by atoms with Crippen LogP contribution in [0.3, 0.4) is 0 Å². The van der Waals surface area contributed by atoms with E-state index in [0.29, 0.717) is 25.3 Å². The average molecular weight is 663 g/mol. The zero-order valence-electron chi connectivity index (χ0n) is 27.9. The van der Waals surface area contributed by atoms with Crippen molar-refractivity contribution < 1.29 is 33.3 Å². The minimum atomic E-state index is -0.799. The fourth-order valence-electron chi connectivity index (χ4n) is 4.66. The molecule has 15 heteroatoms. The molecule has 2 heterocycles. The zero-order chi connectivity index (χ0) is 35.4. The highest BCUT2D eigenvalue weighted by atomic mass is 19.1. The van der Waals surface area contributed by atoms with Gasteiger partial charge in [0.15, 0.2) is 0 Å². The first-order valence-corrected chi connectivity index (χ1v) is 15.5. The molecule has 2 saturated heterocycles. The molecule has 2 aliphatic rings. The lowest BCUT2D eigenvalue weighted by atomic mass is 10.1. The van der Waals surface area contributed by atoms with Gasteiger partial charge in [-0.15, -0.1) is 0 Å². The van der Waals surface area contributed by atoms with Gasteiger partial charge in [-0.3, -0.25) is 20.2 Å². The molecular weight excluding hydrogens is 615 g/mol. The molecule has 2 aromatic carbocycles. The summed E-state index contributed by atoms with van der Waals surface area (Å²) in [6.45, 7) is 13.6. The van der Waals surface area contributed by atoms with E-state index in [1.807, 2.05) is 41.5 Å². The first kappa shape index (κ1) is 38.7. The number of hydrogen-bond donors (Lipinski definition) is 2. The van der Waals surface area contributed by atoms with Gasteiger partial charge in [0.25, 0.3) is 5.69 Å². The van der Waals surface area contributed by atoms with Crippen molar-refractivity contribution in [1.82, 2.24) is 9.80 Å². The number of carbonyl (C=O) groups excluding carboxylic acids is 2. The van der Waals surface area contributed by atoms with Gasteiger partial charge in [-0.1, -0.05) is 24.3 Å². The molecule has 47 heavy (non-hydrogen) atoms. The molecule has 14 nitrogen and oxygen atoms in total. The molecule has 0 spiro atoms. The van der Waals surface area contributed by atoms with Crippen LogP contribution in [0.5, 0.6) is 0 Å². The number of piperidine rings is 2. The molecule has 0 aromatic heterocycles. The van der Waals surface area contributed by atoms with Crippen molar-refractivity contribution in [3.8, 4) is 0 Å². The van der Waals surface area contributed by atoms with Crippen molar-refractivity contribution in [2.75, 3.05) is 31.5 Å². The number of nitrogens with one attached hydrogen (secondary N) is 1. The van der Waals surface area contributed by atoms with Crippen LogP contribution in [0.2, 0.25) is 0 Å².